The Labute approximate surface area is 130 Å². The molecular formula is C16H21N5O. The molecule has 0 unspecified atom stereocenters. The lowest BCUT2D eigenvalue weighted by Gasteiger charge is -2.39. The van der Waals surface area contributed by atoms with E-state index in [0.29, 0.717) is 12.1 Å². The van der Waals surface area contributed by atoms with Crippen molar-refractivity contribution in [3.63, 3.8) is 0 Å². The van der Waals surface area contributed by atoms with Gasteiger partial charge in [-0.3, -0.25) is 4.90 Å². The van der Waals surface area contributed by atoms with Crippen LogP contribution in [0.2, 0.25) is 0 Å². The van der Waals surface area contributed by atoms with Crippen LogP contribution < -0.4 is 4.90 Å². The lowest BCUT2D eigenvalue weighted by atomic mass is 10.0. The number of anilines is 1. The molecule has 6 heteroatoms. The number of piperidine rings is 1. The number of nitrogens with zero attached hydrogens (tertiary/aromatic N) is 5. The van der Waals surface area contributed by atoms with Crippen molar-refractivity contribution < 1.29 is 4.52 Å². The van der Waals surface area contributed by atoms with Crippen LogP contribution in [0.3, 0.4) is 0 Å². The summed E-state index contributed by atoms with van der Waals surface area (Å²) in [5, 5.41) is 3.78. The van der Waals surface area contributed by atoms with Crippen LogP contribution in [0.15, 0.2) is 35.6 Å². The standard InChI is InChI=1S/C16H21N5O/c1-2-14(1)21(16-3-6-17-12-18-16)15-4-7-20(8-5-15)10-13-9-19-22-11-13/h3,6,9,11-12,14-15H,1-2,4-5,7-8,10H2. The summed E-state index contributed by atoms with van der Waals surface area (Å²) >= 11 is 0. The van der Waals surface area contributed by atoms with Crippen molar-refractivity contribution in [1.29, 1.82) is 0 Å². The molecule has 6 nitrogen and oxygen atoms in total. The van der Waals surface area contributed by atoms with Gasteiger partial charge in [0.05, 0.1) is 6.20 Å². The van der Waals surface area contributed by atoms with Crippen LogP contribution in [0.4, 0.5) is 5.82 Å². The first-order chi connectivity index (χ1) is 10.9. The van der Waals surface area contributed by atoms with Crippen LogP contribution in [0.1, 0.15) is 31.2 Å². The van der Waals surface area contributed by atoms with Crippen molar-refractivity contribution >= 4 is 5.82 Å². The Kier molecular flexibility index (Phi) is 3.76. The summed E-state index contributed by atoms with van der Waals surface area (Å²) in [6, 6.07) is 3.33. The molecule has 22 heavy (non-hydrogen) atoms. The molecule has 3 heterocycles. The highest BCUT2D eigenvalue weighted by Crippen LogP contribution is 2.35. The highest BCUT2D eigenvalue weighted by molar-refractivity contribution is 5.41. The Balaban J connectivity index is 1.39. The molecule has 2 aliphatic rings. The number of hydrogen-bond donors (Lipinski definition) is 0. The minimum atomic E-state index is 0.598. The maximum Gasteiger partial charge on any atom is 0.132 e. The maximum atomic E-state index is 4.91. The van der Waals surface area contributed by atoms with Crippen LogP contribution in [0.25, 0.3) is 0 Å². The van der Waals surface area contributed by atoms with E-state index in [0.717, 1.165) is 31.0 Å². The van der Waals surface area contributed by atoms with Gasteiger partial charge in [0.2, 0.25) is 0 Å². The van der Waals surface area contributed by atoms with E-state index >= 15 is 0 Å². The van der Waals surface area contributed by atoms with Crippen molar-refractivity contribution in [2.24, 2.45) is 0 Å². The third kappa shape index (κ3) is 2.97. The Bertz CT molecular complexity index is 576. The molecule has 1 aliphatic carbocycles. The van der Waals surface area contributed by atoms with Crippen molar-refractivity contribution in [3.05, 3.63) is 36.6 Å². The van der Waals surface area contributed by atoms with E-state index in [2.05, 4.69) is 24.9 Å². The van der Waals surface area contributed by atoms with Gasteiger partial charge in [0.1, 0.15) is 18.4 Å². The van der Waals surface area contributed by atoms with Gasteiger partial charge < -0.3 is 9.42 Å². The average Bonchev–Trinajstić information content (AvgIpc) is 3.26. The fraction of sp³-hybridized carbons (Fsp3) is 0.562. The Morgan fingerprint density at radius 3 is 2.64 bits per heavy atom. The molecule has 2 aromatic rings. The molecule has 1 saturated carbocycles. The van der Waals surface area contributed by atoms with Gasteiger partial charge in [-0.1, -0.05) is 5.16 Å². The molecule has 0 aromatic carbocycles. The van der Waals surface area contributed by atoms with Crippen molar-refractivity contribution in [1.82, 2.24) is 20.0 Å². The summed E-state index contributed by atoms with van der Waals surface area (Å²) in [4.78, 5) is 13.5. The van der Waals surface area contributed by atoms with E-state index in [9.17, 15) is 0 Å². The third-order valence-electron chi connectivity index (χ3n) is 4.61. The van der Waals surface area contributed by atoms with E-state index in [1.807, 2.05) is 18.5 Å². The third-order valence-corrected chi connectivity index (χ3v) is 4.61. The molecule has 0 spiro atoms. The van der Waals surface area contributed by atoms with Crippen molar-refractivity contribution in [2.45, 2.75) is 44.3 Å². The fourth-order valence-corrected chi connectivity index (χ4v) is 3.38. The first kappa shape index (κ1) is 13.7. The topological polar surface area (TPSA) is 58.3 Å². The highest BCUT2D eigenvalue weighted by Gasteiger charge is 2.36. The van der Waals surface area contributed by atoms with E-state index in [1.165, 1.54) is 25.7 Å². The predicted octanol–water partition coefficient (Wildman–Crippen LogP) is 2.10. The molecular weight excluding hydrogens is 278 g/mol. The lowest BCUT2D eigenvalue weighted by Crippen LogP contribution is -2.46. The molecule has 1 saturated heterocycles. The van der Waals surface area contributed by atoms with Gasteiger partial charge in [-0.25, -0.2) is 9.97 Å². The molecule has 0 atom stereocenters. The SMILES string of the molecule is c1cc(N(C2CC2)C2CCN(Cc3cnoc3)CC2)ncn1. The normalized spacial score (nSPS) is 20.2. The van der Waals surface area contributed by atoms with E-state index in [4.69, 9.17) is 4.52 Å². The monoisotopic (exact) mass is 299 g/mol. The second-order valence-corrected chi connectivity index (χ2v) is 6.25. The molecule has 0 N–H and O–H groups in total. The predicted molar refractivity (Wildman–Crippen MR) is 82.3 cm³/mol. The summed E-state index contributed by atoms with van der Waals surface area (Å²) in [7, 11) is 0. The van der Waals surface area contributed by atoms with Crippen LogP contribution in [-0.4, -0.2) is 45.2 Å². The quantitative estimate of drug-likeness (QED) is 0.842. The summed E-state index contributed by atoms with van der Waals surface area (Å²) in [5.74, 6) is 1.09. The highest BCUT2D eigenvalue weighted by atomic mass is 16.5. The summed E-state index contributed by atoms with van der Waals surface area (Å²) in [5.41, 5.74) is 1.16. The zero-order valence-electron chi connectivity index (χ0n) is 12.6. The smallest absolute Gasteiger partial charge is 0.132 e. The fourth-order valence-electron chi connectivity index (χ4n) is 3.38. The van der Waals surface area contributed by atoms with Gasteiger partial charge in [-0.05, 0) is 31.7 Å². The molecule has 116 valence electrons. The minimum absolute atomic E-state index is 0.598. The lowest BCUT2D eigenvalue weighted by molar-refractivity contribution is 0.200. The first-order valence-electron chi connectivity index (χ1n) is 8.05. The Hall–Kier alpha value is -1.95. The van der Waals surface area contributed by atoms with Crippen LogP contribution in [-0.2, 0) is 6.54 Å². The number of hydrogen-bond acceptors (Lipinski definition) is 6. The van der Waals surface area contributed by atoms with Crippen LogP contribution >= 0.6 is 0 Å². The van der Waals surface area contributed by atoms with Gasteiger partial charge in [0.25, 0.3) is 0 Å². The maximum absolute atomic E-state index is 4.91. The molecule has 0 bridgehead atoms. The van der Waals surface area contributed by atoms with Crippen LogP contribution in [0, 0.1) is 0 Å². The molecule has 0 radical (unpaired) electrons. The van der Waals surface area contributed by atoms with E-state index < -0.39 is 0 Å². The number of rotatable bonds is 5. The average molecular weight is 299 g/mol. The minimum Gasteiger partial charge on any atom is -0.364 e. The van der Waals surface area contributed by atoms with E-state index in [-0.39, 0.29) is 0 Å². The van der Waals surface area contributed by atoms with Gasteiger partial charge in [-0.15, -0.1) is 0 Å². The molecule has 2 fully saturated rings. The number of aromatic nitrogens is 3. The molecule has 0 amide bonds. The summed E-state index contributed by atoms with van der Waals surface area (Å²) < 4.78 is 4.91. The summed E-state index contributed by atoms with van der Waals surface area (Å²) in [6.07, 6.45) is 12.0. The molecule has 2 aromatic heterocycles. The van der Waals surface area contributed by atoms with Gasteiger partial charge in [0, 0.05) is 43.5 Å². The van der Waals surface area contributed by atoms with E-state index in [1.54, 1.807) is 12.6 Å². The largest absolute Gasteiger partial charge is 0.364 e. The Morgan fingerprint density at radius 1 is 1.18 bits per heavy atom. The molecule has 4 rings (SSSR count). The number of likely N-dealkylation sites (tertiary alicyclic amines) is 1. The zero-order valence-corrected chi connectivity index (χ0v) is 12.6. The van der Waals surface area contributed by atoms with Crippen LogP contribution in [0.5, 0.6) is 0 Å². The van der Waals surface area contributed by atoms with Gasteiger partial charge >= 0.3 is 0 Å². The van der Waals surface area contributed by atoms with Crippen molar-refractivity contribution in [3.8, 4) is 0 Å². The van der Waals surface area contributed by atoms with Gasteiger partial charge in [-0.2, -0.15) is 0 Å². The van der Waals surface area contributed by atoms with Crippen molar-refractivity contribution in [2.75, 3.05) is 18.0 Å². The first-order valence-corrected chi connectivity index (χ1v) is 8.05. The summed E-state index contributed by atoms with van der Waals surface area (Å²) in [6.45, 7) is 3.17. The second-order valence-electron chi connectivity index (χ2n) is 6.25. The van der Waals surface area contributed by atoms with Gasteiger partial charge in [0.15, 0.2) is 0 Å². The molecule has 1 aliphatic heterocycles. The second kappa shape index (κ2) is 6.04. The Morgan fingerprint density at radius 2 is 2.00 bits per heavy atom. The zero-order chi connectivity index (χ0) is 14.8.